The van der Waals surface area contributed by atoms with E-state index in [1.54, 1.807) is 0 Å². The maximum atomic E-state index is 5.48. The topological polar surface area (TPSA) is 9.23 Å². The standard InChI is InChI=1S/C11H22OS/c1-3-4-5-8-12-9-6-11(2)7-10-13/h3,11,13H,1,4-10H2,2H3. The Bertz CT molecular complexity index is 115. The summed E-state index contributed by atoms with van der Waals surface area (Å²) in [4.78, 5) is 0. The zero-order chi connectivity index (χ0) is 9.94. The average molecular weight is 202 g/mol. The highest BCUT2D eigenvalue weighted by Gasteiger charge is 1.99. The predicted molar refractivity (Wildman–Crippen MR) is 62.5 cm³/mol. The highest BCUT2D eigenvalue weighted by Crippen LogP contribution is 2.08. The van der Waals surface area contributed by atoms with Gasteiger partial charge in [-0.15, -0.1) is 6.58 Å². The van der Waals surface area contributed by atoms with E-state index in [-0.39, 0.29) is 0 Å². The van der Waals surface area contributed by atoms with Gasteiger partial charge in [-0.2, -0.15) is 12.6 Å². The van der Waals surface area contributed by atoms with Gasteiger partial charge in [0.1, 0.15) is 0 Å². The molecule has 0 heterocycles. The van der Waals surface area contributed by atoms with E-state index in [0.717, 1.165) is 44.1 Å². The van der Waals surface area contributed by atoms with Gasteiger partial charge in [-0.1, -0.05) is 13.0 Å². The molecular weight excluding hydrogens is 180 g/mol. The minimum atomic E-state index is 0.747. The van der Waals surface area contributed by atoms with Crippen molar-refractivity contribution in [1.82, 2.24) is 0 Å². The monoisotopic (exact) mass is 202 g/mol. The summed E-state index contributed by atoms with van der Waals surface area (Å²) in [7, 11) is 0. The summed E-state index contributed by atoms with van der Waals surface area (Å²) in [5.74, 6) is 1.73. The van der Waals surface area contributed by atoms with Crippen molar-refractivity contribution < 1.29 is 4.74 Å². The predicted octanol–water partition coefficient (Wildman–Crippen LogP) is 3.32. The van der Waals surface area contributed by atoms with Crippen LogP contribution < -0.4 is 0 Å². The van der Waals surface area contributed by atoms with E-state index < -0.39 is 0 Å². The molecule has 0 amide bonds. The molecule has 1 unspecified atom stereocenters. The van der Waals surface area contributed by atoms with Crippen molar-refractivity contribution in [3.05, 3.63) is 12.7 Å². The van der Waals surface area contributed by atoms with E-state index >= 15 is 0 Å². The number of allylic oxidation sites excluding steroid dienone is 1. The molecule has 1 atom stereocenters. The molecule has 78 valence electrons. The van der Waals surface area contributed by atoms with Gasteiger partial charge in [-0.3, -0.25) is 0 Å². The molecule has 0 rings (SSSR count). The summed E-state index contributed by atoms with van der Waals surface area (Å²) >= 11 is 4.20. The molecule has 13 heavy (non-hydrogen) atoms. The molecule has 1 nitrogen and oxygen atoms in total. The van der Waals surface area contributed by atoms with Gasteiger partial charge in [-0.25, -0.2) is 0 Å². The molecule has 0 bridgehead atoms. The van der Waals surface area contributed by atoms with Gasteiger partial charge in [0, 0.05) is 13.2 Å². The molecule has 0 saturated heterocycles. The lowest BCUT2D eigenvalue weighted by atomic mass is 10.1. The fourth-order valence-electron chi connectivity index (χ4n) is 1.08. The van der Waals surface area contributed by atoms with Crippen LogP contribution in [0.2, 0.25) is 0 Å². The second kappa shape index (κ2) is 10.1. The molecule has 0 aromatic heterocycles. The van der Waals surface area contributed by atoms with Crippen molar-refractivity contribution in [2.45, 2.75) is 32.6 Å². The Morgan fingerprint density at radius 2 is 2.15 bits per heavy atom. The number of thiol groups is 1. The summed E-state index contributed by atoms with van der Waals surface area (Å²) in [6.45, 7) is 7.69. The molecule has 0 N–H and O–H groups in total. The summed E-state index contributed by atoms with van der Waals surface area (Å²) in [5.41, 5.74) is 0. The molecular formula is C11H22OS. The molecule has 0 aliphatic heterocycles. The SMILES string of the molecule is C=CCCCOCCC(C)CCS. The van der Waals surface area contributed by atoms with Crippen LogP contribution in [0.3, 0.4) is 0 Å². The van der Waals surface area contributed by atoms with E-state index in [2.05, 4.69) is 26.1 Å². The normalized spacial score (nSPS) is 12.8. The van der Waals surface area contributed by atoms with Gasteiger partial charge >= 0.3 is 0 Å². The van der Waals surface area contributed by atoms with Crippen LogP contribution in [0.4, 0.5) is 0 Å². The van der Waals surface area contributed by atoms with Gasteiger partial charge in [0.25, 0.3) is 0 Å². The Morgan fingerprint density at radius 3 is 2.77 bits per heavy atom. The van der Waals surface area contributed by atoms with E-state index in [9.17, 15) is 0 Å². The maximum absolute atomic E-state index is 5.48. The summed E-state index contributed by atoms with van der Waals surface area (Å²) in [5, 5.41) is 0. The van der Waals surface area contributed by atoms with Crippen molar-refractivity contribution in [2.75, 3.05) is 19.0 Å². The number of rotatable bonds is 9. The van der Waals surface area contributed by atoms with Crippen LogP contribution in [0.15, 0.2) is 12.7 Å². The first kappa shape index (κ1) is 13.1. The van der Waals surface area contributed by atoms with Crippen LogP contribution in [0.1, 0.15) is 32.6 Å². The number of unbranched alkanes of at least 4 members (excludes halogenated alkanes) is 1. The fraction of sp³-hybridized carbons (Fsp3) is 0.818. The molecule has 0 aliphatic carbocycles. The molecule has 2 heteroatoms. The summed E-state index contributed by atoms with van der Waals surface area (Å²) in [6, 6.07) is 0. The number of hydrogen-bond donors (Lipinski definition) is 1. The third kappa shape index (κ3) is 9.97. The van der Waals surface area contributed by atoms with Gasteiger partial charge in [0.05, 0.1) is 0 Å². The van der Waals surface area contributed by atoms with Crippen LogP contribution in [0.25, 0.3) is 0 Å². The first-order valence-corrected chi connectivity index (χ1v) is 5.74. The molecule has 0 aromatic carbocycles. The van der Waals surface area contributed by atoms with Crippen molar-refractivity contribution >= 4 is 12.6 Å². The van der Waals surface area contributed by atoms with E-state index in [0.29, 0.717) is 0 Å². The third-order valence-corrected chi connectivity index (χ3v) is 2.33. The molecule has 0 saturated carbocycles. The number of ether oxygens (including phenoxy) is 1. The van der Waals surface area contributed by atoms with Gasteiger partial charge in [0.15, 0.2) is 0 Å². The lowest BCUT2D eigenvalue weighted by molar-refractivity contribution is 0.120. The van der Waals surface area contributed by atoms with Crippen LogP contribution in [0.5, 0.6) is 0 Å². The van der Waals surface area contributed by atoms with Crippen molar-refractivity contribution in [3.8, 4) is 0 Å². The highest BCUT2D eigenvalue weighted by atomic mass is 32.1. The summed E-state index contributed by atoms with van der Waals surface area (Å²) in [6.07, 6.45) is 6.46. The van der Waals surface area contributed by atoms with Crippen molar-refractivity contribution in [1.29, 1.82) is 0 Å². The Kier molecular flexibility index (Phi) is 10.2. The summed E-state index contributed by atoms with van der Waals surface area (Å²) < 4.78 is 5.48. The second-order valence-corrected chi connectivity index (χ2v) is 3.90. The first-order chi connectivity index (χ1) is 6.31. The minimum Gasteiger partial charge on any atom is -0.381 e. The highest BCUT2D eigenvalue weighted by molar-refractivity contribution is 7.80. The zero-order valence-electron chi connectivity index (χ0n) is 8.67. The average Bonchev–Trinajstić information content (AvgIpc) is 2.11. The third-order valence-electron chi connectivity index (χ3n) is 2.07. The Hall–Kier alpha value is 0.0500. The molecule has 0 aliphatic rings. The zero-order valence-corrected chi connectivity index (χ0v) is 9.56. The van der Waals surface area contributed by atoms with E-state index in [1.165, 1.54) is 6.42 Å². The Balaban J connectivity index is 3.01. The van der Waals surface area contributed by atoms with Gasteiger partial charge in [-0.05, 0) is 37.4 Å². The van der Waals surface area contributed by atoms with Crippen molar-refractivity contribution in [3.63, 3.8) is 0 Å². The molecule has 0 aromatic rings. The number of hydrogen-bond acceptors (Lipinski definition) is 2. The van der Waals surface area contributed by atoms with Crippen LogP contribution >= 0.6 is 12.6 Å². The minimum absolute atomic E-state index is 0.747. The lowest BCUT2D eigenvalue weighted by Gasteiger charge is -2.09. The lowest BCUT2D eigenvalue weighted by Crippen LogP contribution is -2.03. The Labute approximate surface area is 88.0 Å². The smallest absolute Gasteiger partial charge is 0.0468 e. The van der Waals surface area contributed by atoms with E-state index in [4.69, 9.17) is 4.74 Å². The van der Waals surface area contributed by atoms with Crippen LogP contribution in [-0.2, 0) is 4.74 Å². The van der Waals surface area contributed by atoms with Gasteiger partial charge < -0.3 is 4.74 Å². The molecule has 0 spiro atoms. The second-order valence-electron chi connectivity index (χ2n) is 3.45. The largest absolute Gasteiger partial charge is 0.381 e. The fourth-order valence-corrected chi connectivity index (χ4v) is 1.52. The molecule has 0 fully saturated rings. The Morgan fingerprint density at radius 1 is 1.38 bits per heavy atom. The van der Waals surface area contributed by atoms with Crippen molar-refractivity contribution in [2.24, 2.45) is 5.92 Å². The molecule has 0 radical (unpaired) electrons. The van der Waals surface area contributed by atoms with E-state index in [1.807, 2.05) is 6.08 Å². The quantitative estimate of drug-likeness (QED) is 0.343. The first-order valence-electron chi connectivity index (χ1n) is 5.10. The van der Waals surface area contributed by atoms with Gasteiger partial charge in [0.2, 0.25) is 0 Å². The van der Waals surface area contributed by atoms with Crippen LogP contribution in [-0.4, -0.2) is 19.0 Å². The van der Waals surface area contributed by atoms with Crippen LogP contribution in [0, 0.1) is 5.92 Å². The maximum Gasteiger partial charge on any atom is 0.0468 e.